The first kappa shape index (κ1) is 16.0. The standard InChI is InChI=1S/C13H16FN3O2S2/c1-10(9-20-2)16-21(18,19)11-7-15-17(8-11)13-6-4-3-5-12(13)14/h3-8,10,16H,9H2,1-2H3/t10-/m1/s1. The first-order chi connectivity index (χ1) is 9.94. The lowest BCUT2D eigenvalue weighted by molar-refractivity contribution is 0.571. The first-order valence-corrected chi connectivity index (χ1v) is 9.12. The highest BCUT2D eigenvalue weighted by Crippen LogP contribution is 2.15. The van der Waals surface area contributed by atoms with Gasteiger partial charge in [-0.2, -0.15) is 16.9 Å². The minimum absolute atomic E-state index is 0.0127. The highest BCUT2D eigenvalue weighted by Gasteiger charge is 2.19. The molecule has 0 saturated heterocycles. The monoisotopic (exact) mass is 329 g/mol. The van der Waals surface area contributed by atoms with Crippen LogP contribution in [0.5, 0.6) is 0 Å². The molecule has 0 aliphatic heterocycles. The maximum Gasteiger partial charge on any atom is 0.243 e. The molecule has 2 rings (SSSR count). The van der Waals surface area contributed by atoms with Crippen LogP contribution in [0.2, 0.25) is 0 Å². The van der Waals surface area contributed by atoms with Gasteiger partial charge in [-0.25, -0.2) is 22.2 Å². The highest BCUT2D eigenvalue weighted by molar-refractivity contribution is 7.98. The van der Waals surface area contributed by atoms with E-state index in [4.69, 9.17) is 0 Å². The molecule has 1 N–H and O–H groups in total. The van der Waals surface area contributed by atoms with Gasteiger partial charge in [0.2, 0.25) is 10.0 Å². The lowest BCUT2D eigenvalue weighted by Gasteiger charge is -2.11. The van der Waals surface area contributed by atoms with E-state index in [0.29, 0.717) is 5.75 Å². The number of nitrogens with one attached hydrogen (secondary N) is 1. The van der Waals surface area contributed by atoms with Crippen LogP contribution in [0.3, 0.4) is 0 Å². The van der Waals surface area contributed by atoms with Crippen molar-refractivity contribution in [3.63, 3.8) is 0 Å². The zero-order chi connectivity index (χ0) is 15.5. The van der Waals surface area contributed by atoms with E-state index in [1.54, 1.807) is 30.8 Å². The lowest BCUT2D eigenvalue weighted by atomic mass is 10.3. The van der Waals surface area contributed by atoms with Crippen molar-refractivity contribution in [1.82, 2.24) is 14.5 Å². The van der Waals surface area contributed by atoms with E-state index in [1.165, 1.54) is 29.2 Å². The molecule has 0 spiro atoms. The molecule has 1 aromatic heterocycles. The summed E-state index contributed by atoms with van der Waals surface area (Å²) in [7, 11) is -3.65. The molecular weight excluding hydrogens is 313 g/mol. The van der Waals surface area contributed by atoms with Gasteiger partial charge in [-0.15, -0.1) is 0 Å². The molecule has 2 aromatic rings. The SMILES string of the molecule is CSC[C@@H](C)NS(=O)(=O)c1cnn(-c2ccccc2F)c1. The average Bonchev–Trinajstić information content (AvgIpc) is 2.89. The quantitative estimate of drug-likeness (QED) is 0.881. The molecular formula is C13H16FN3O2S2. The third-order valence-electron chi connectivity index (χ3n) is 2.74. The number of nitrogens with zero attached hydrogens (tertiary/aromatic N) is 2. The lowest BCUT2D eigenvalue weighted by Crippen LogP contribution is -2.34. The van der Waals surface area contributed by atoms with Crippen molar-refractivity contribution in [3.05, 3.63) is 42.5 Å². The van der Waals surface area contributed by atoms with Crippen molar-refractivity contribution in [2.75, 3.05) is 12.0 Å². The van der Waals surface area contributed by atoms with Crippen molar-refractivity contribution in [2.24, 2.45) is 0 Å². The molecule has 1 heterocycles. The fourth-order valence-electron chi connectivity index (χ4n) is 1.83. The third kappa shape index (κ3) is 3.84. The van der Waals surface area contributed by atoms with Crippen LogP contribution in [-0.2, 0) is 10.0 Å². The van der Waals surface area contributed by atoms with E-state index in [2.05, 4.69) is 9.82 Å². The summed E-state index contributed by atoms with van der Waals surface area (Å²) in [5.74, 6) is 0.203. The summed E-state index contributed by atoms with van der Waals surface area (Å²) >= 11 is 1.55. The van der Waals surface area contributed by atoms with E-state index in [-0.39, 0.29) is 16.6 Å². The van der Waals surface area contributed by atoms with Crippen molar-refractivity contribution in [3.8, 4) is 5.69 Å². The van der Waals surface area contributed by atoms with Crippen LogP contribution in [0.25, 0.3) is 5.69 Å². The topological polar surface area (TPSA) is 64.0 Å². The van der Waals surface area contributed by atoms with Gasteiger partial charge in [0.25, 0.3) is 0 Å². The molecule has 0 aliphatic carbocycles. The number of aromatic nitrogens is 2. The Bertz CT molecular complexity index is 716. The van der Waals surface area contributed by atoms with Gasteiger partial charge in [-0.05, 0) is 25.3 Å². The van der Waals surface area contributed by atoms with E-state index in [9.17, 15) is 12.8 Å². The maximum absolute atomic E-state index is 13.7. The second kappa shape index (κ2) is 6.59. The van der Waals surface area contributed by atoms with Crippen molar-refractivity contribution < 1.29 is 12.8 Å². The van der Waals surface area contributed by atoms with Crippen molar-refractivity contribution in [1.29, 1.82) is 0 Å². The Morgan fingerprint density at radius 2 is 2.14 bits per heavy atom. The molecule has 1 atom stereocenters. The van der Waals surface area contributed by atoms with Gasteiger partial charge in [0.05, 0.1) is 12.4 Å². The number of halogens is 1. The number of para-hydroxylation sites is 1. The van der Waals surface area contributed by atoms with Gasteiger partial charge in [0.1, 0.15) is 16.4 Å². The van der Waals surface area contributed by atoms with Crippen LogP contribution in [0.1, 0.15) is 6.92 Å². The summed E-state index contributed by atoms with van der Waals surface area (Å²) in [5.41, 5.74) is 0.205. The Balaban J connectivity index is 2.26. The van der Waals surface area contributed by atoms with Crippen molar-refractivity contribution >= 4 is 21.8 Å². The largest absolute Gasteiger partial charge is 0.243 e. The van der Waals surface area contributed by atoms with E-state index < -0.39 is 15.8 Å². The molecule has 8 heteroatoms. The predicted octanol–water partition coefficient (Wildman–Crippen LogP) is 2.04. The summed E-state index contributed by atoms with van der Waals surface area (Å²) in [4.78, 5) is 0.0127. The normalized spacial score (nSPS) is 13.3. The van der Waals surface area contributed by atoms with Gasteiger partial charge in [0, 0.05) is 11.8 Å². The smallest absolute Gasteiger partial charge is 0.237 e. The fraction of sp³-hybridized carbons (Fsp3) is 0.308. The third-order valence-corrected chi connectivity index (χ3v) is 5.12. The molecule has 0 fully saturated rings. The Kier molecular flexibility index (Phi) is 5.02. The molecule has 0 radical (unpaired) electrons. The summed E-state index contributed by atoms with van der Waals surface area (Å²) < 4.78 is 41.8. The van der Waals surface area contributed by atoms with Gasteiger partial charge in [-0.1, -0.05) is 12.1 Å². The number of thioether (sulfide) groups is 1. The number of benzene rings is 1. The molecule has 0 unspecified atom stereocenters. The summed E-state index contributed by atoms with van der Waals surface area (Å²) in [6.07, 6.45) is 4.41. The van der Waals surface area contributed by atoms with E-state index in [1.807, 2.05) is 6.26 Å². The number of rotatable bonds is 6. The van der Waals surface area contributed by atoms with Crippen LogP contribution in [0.4, 0.5) is 4.39 Å². The fourth-order valence-corrected chi connectivity index (χ4v) is 3.69. The summed E-state index contributed by atoms with van der Waals surface area (Å²) in [6.45, 7) is 1.79. The van der Waals surface area contributed by atoms with Crippen LogP contribution < -0.4 is 4.72 Å². The minimum atomic E-state index is -3.65. The summed E-state index contributed by atoms with van der Waals surface area (Å²) in [5, 5.41) is 3.92. The van der Waals surface area contributed by atoms with Gasteiger partial charge in [-0.3, -0.25) is 0 Å². The maximum atomic E-state index is 13.7. The molecule has 0 amide bonds. The molecule has 114 valence electrons. The molecule has 1 aromatic carbocycles. The van der Waals surface area contributed by atoms with Gasteiger partial charge >= 0.3 is 0 Å². The second-order valence-corrected chi connectivity index (χ2v) is 7.17. The molecule has 0 saturated carbocycles. The number of sulfonamides is 1. The highest BCUT2D eigenvalue weighted by atomic mass is 32.2. The van der Waals surface area contributed by atoms with Crippen molar-refractivity contribution in [2.45, 2.75) is 17.9 Å². The Labute approximate surface area is 127 Å². The number of hydrogen-bond acceptors (Lipinski definition) is 4. The predicted molar refractivity (Wildman–Crippen MR) is 81.7 cm³/mol. The Hall–Kier alpha value is -1.38. The van der Waals surface area contributed by atoms with Crippen LogP contribution in [0.15, 0.2) is 41.6 Å². The van der Waals surface area contributed by atoms with Crippen LogP contribution >= 0.6 is 11.8 Å². The summed E-state index contributed by atoms with van der Waals surface area (Å²) in [6, 6.07) is 5.85. The Morgan fingerprint density at radius 1 is 1.43 bits per heavy atom. The minimum Gasteiger partial charge on any atom is -0.237 e. The Morgan fingerprint density at radius 3 is 2.81 bits per heavy atom. The van der Waals surface area contributed by atoms with Gasteiger partial charge < -0.3 is 0 Å². The van der Waals surface area contributed by atoms with Crippen LogP contribution in [0, 0.1) is 5.82 Å². The second-order valence-electron chi connectivity index (χ2n) is 4.55. The molecule has 21 heavy (non-hydrogen) atoms. The van der Waals surface area contributed by atoms with E-state index >= 15 is 0 Å². The molecule has 0 aliphatic rings. The average molecular weight is 329 g/mol. The first-order valence-electron chi connectivity index (χ1n) is 6.25. The zero-order valence-corrected chi connectivity index (χ0v) is 13.3. The van der Waals surface area contributed by atoms with Crippen LogP contribution in [-0.4, -0.2) is 36.2 Å². The van der Waals surface area contributed by atoms with Gasteiger partial charge in [0.15, 0.2) is 0 Å². The molecule has 0 bridgehead atoms. The molecule has 5 nitrogen and oxygen atoms in total. The zero-order valence-electron chi connectivity index (χ0n) is 11.7. The van der Waals surface area contributed by atoms with E-state index in [0.717, 1.165) is 0 Å². The number of hydrogen-bond donors (Lipinski definition) is 1.